The zero-order valence-corrected chi connectivity index (χ0v) is 11.1. The monoisotopic (exact) mass is 256 g/mol. The molecular weight excluding hydrogens is 235 g/mol. The lowest BCUT2D eigenvalue weighted by Gasteiger charge is -2.14. The zero-order chi connectivity index (χ0) is 13.5. The minimum atomic E-state index is -0.520. The number of aliphatic hydroxyl groups excluding tert-OH is 1. The van der Waals surface area contributed by atoms with Crippen LogP contribution in [0.5, 0.6) is 0 Å². The third-order valence-electron chi connectivity index (χ3n) is 2.33. The van der Waals surface area contributed by atoms with E-state index in [1.54, 1.807) is 0 Å². The molecule has 0 spiro atoms. The average molecular weight is 256 g/mol. The number of hydrogen-bond donors (Lipinski definition) is 3. The molecule has 1 atom stereocenters. The summed E-state index contributed by atoms with van der Waals surface area (Å²) in [5.41, 5.74) is 0. The maximum atomic E-state index is 13.4. The first-order chi connectivity index (χ1) is 8.52. The SMILES string of the molecule is CCNc1ncc(F)c(NCC(O)CC(C)C)n1. The van der Waals surface area contributed by atoms with Crippen LogP contribution < -0.4 is 10.6 Å². The van der Waals surface area contributed by atoms with Crippen LogP contribution in [-0.2, 0) is 0 Å². The van der Waals surface area contributed by atoms with Gasteiger partial charge in [-0.2, -0.15) is 4.98 Å². The largest absolute Gasteiger partial charge is 0.391 e. The fourth-order valence-electron chi connectivity index (χ4n) is 1.58. The normalized spacial score (nSPS) is 12.6. The summed E-state index contributed by atoms with van der Waals surface area (Å²) < 4.78 is 13.4. The van der Waals surface area contributed by atoms with E-state index in [-0.39, 0.29) is 12.4 Å². The third kappa shape index (κ3) is 4.83. The number of aliphatic hydroxyl groups is 1. The molecule has 0 saturated carbocycles. The van der Waals surface area contributed by atoms with Crippen LogP contribution in [0.15, 0.2) is 6.20 Å². The van der Waals surface area contributed by atoms with Gasteiger partial charge in [0.15, 0.2) is 11.6 Å². The number of hydrogen-bond acceptors (Lipinski definition) is 5. The molecule has 0 saturated heterocycles. The van der Waals surface area contributed by atoms with Crippen molar-refractivity contribution in [1.29, 1.82) is 0 Å². The molecule has 0 aliphatic carbocycles. The molecule has 1 unspecified atom stereocenters. The van der Waals surface area contributed by atoms with Gasteiger partial charge < -0.3 is 15.7 Å². The highest BCUT2D eigenvalue weighted by Gasteiger charge is 2.10. The van der Waals surface area contributed by atoms with Crippen molar-refractivity contribution in [3.8, 4) is 0 Å². The maximum absolute atomic E-state index is 13.4. The Hall–Kier alpha value is -1.43. The van der Waals surface area contributed by atoms with Crippen molar-refractivity contribution in [3.05, 3.63) is 12.0 Å². The standard InChI is InChI=1S/C12H21FN4O/c1-4-14-12-16-7-10(13)11(17-12)15-6-9(18)5-8(2)3/h7-9,18H,4-6H2,1-3H3,(H2,14,15,16,17). The first-order valence-electron chi connectivity index (χ1n) is 6.21. The van der Waals surface area contributed by atoms with Crippen molar-refractivity contribution in [2.75, 3.05) is 23.7 Å². The van der Waals surface area contributed by atoms with Gasteiger partial charge in [-0.25, -0.2) is 9.37 Å². The summed E-state index contributed by atoms with van der Waals surface area (Å²) in [6.45, 7) is 6.90. The van der Waals surface area contributed by atoms with Crippen LogP contribution in [0.25, 0.3) is 0 Å². The molecular formula is C12H21FN4O. The minimum absolute atomic E-state index is 0.115. The topological polar surface area (TPSA) is 70.1 Å². The molecule has 0 fully saturated rings. The Labute approximate surface area is 107 Å². The second kappa shape index (κ2) is 7.10. The summed E-state index contributed by atoms with van der Waals surface area (Å²) in [5.74, 6) is 0.367. The van der Waals surface area contributed by atoms with E-state index in [1.807, 2.05) is 20.8 Å². The van der Waals surface area contributed by atoms with Gasteiger partial charge in [0, 0.05) is 13.1 Å². The van der Waals surface area contributed by atoms with Gasteiger partial charge in [0.05, 0.1) is 12.3 Å². The number of anilines is 2. The van der Waals surface area contributed by atoms with Gasteiger partial charge in [-0.1, -0.05) is 13.8 Å². The van der Waals surface area contributed by atoms with Gasteiger partial charge in [-0.15, -0.1) is 0 Å². The van der Waals surface area contributed by atoms with Crippen molar-refractivity contribution in [2.24, 2.45) is 5.92 Å². The molecule has 102 valence electrons. The Morgan fingerprint density at radius 2 is 2.11 bits per heavy atom. The number of halogens is 1. The maximum Gasteiger partial charge on any atom is 0.224 e. The highest BCUT2D eigenvalue weighted by atomic mass is 19.1. The molecule has 0 bridgehead atoms. The van der Waals surface area contributed by atoms with Gasteiger partial charge in [0.25, 0.3) is 0 Å². The molecule has 5 nitrogen and oxygen atoms in total. The van der Waals surface area contributed by atoms with Crippen LogP contribution in [0.2, 0.25) is 0 Å². The van der Waals surface area contributed by atoms with Crippen molar-refractivity contribution in [3.63, 3.8) is 0 Å². The average Bonchev–Trinajstić information content (AvgIpc) is 2.29. The van der Waals surface area contributed by atoms with Crippen LogP contribution in [0, 0.1) is 11.7 Å². The Bertz CT molecular complexity index is 373. The molecule has 0 amide bonds. The number of nitrogens with one attached hydrogen (secondary N) is 2. The van der Waals surface area contributed by atoms with E-state index in [0.29, 0.717) is 24.8 Å². The van der Waals surface area contributed by atoms with Gasteiger partial charge in [-0.3, -0.25) is 0 Å². The van der Waals surface area contributed by atoms with Crippen LogP contribution in [0.3, 0.4) is 0 Å². The van der Waals surface area contributed by atoms with E-state index in [4.69, 9.17) is 0 Å². The first kappa shape index (κ1) is 14.6. The van der Waals surface area contributed by atoms with Gasteiger partial charge in [0.2, 0.25) is 5.95 Å². The lowest BCUT2D eigenvalue weighted by molar-refractivity contribution is 0.161. The van der Waals surface area contributed by atoms with E-state index >= 15 is 0 Å². The Morgan fingerprint density at radius 3 is 2.72 bits per heavy atom. The van der Waals surface area contributed by atoms with Crippen LogP contribution >= 0.6 is 0 Å². The number of rotatable bonds is 7. The van der Waals surface area contributed by atoms with Gasteiger partial charge >= 0.3 is 0 Å². The Balaban J connectivity index is 2.57. The van der Waals surface area contributed by atoms with Crippen molar-refractivity contribution in [1.82, 2.24) is 9.97 Å². The Kier molecular flexibility index (Phi) is 5.77. The van der Waals surface area contributed by atoms with E-state index < -0.39 is 11.9 Å². The van der Waals surface area contributed by atoms with Crippen molar-refractivity contribution >= 4 is 11.8 Å². The van der Waals surface area contributed by atoms with E-state index in [2.05, 4.69) is 20.6 Å². The number of nitrogens with zero attached hydrogens (tertiary/aromatic N) is 2. The highest BCUT2D eigenvalue weighted by molar-refractivity contribution is 5.41. The van der Waals surface area contributed by atoms with Crippen LogP contribution in [0.1, 0.15) is 27.2 Å². The summed E-state index contributed by atoms with van der Waals surface area (Å²) in [4.78, 5) is 7.80. The minimum Gasteiger partial charge on any atom is -0.391 e. The number of aromatic nitrogens is 2. The van der Waals surface area contributed by atoms with Crippen molar-refractivity contribution < 1.29 is 9.50 Å². The summed E-state index contributed by atoms with van der Waals surface area (Å²) >= 11 is 0. The zero-order valence-electron chi connectivity index (χ0n) is 11.1. The van der Waals surface area contributed by atoms with Crippen LogP contribution in [0.4, 0.5) is 16.2 Å². The molecule has 1 heterocycles. The summed E-state index contributed by atoms with van der Waals surface area (Å²) in [5, 5.41) is 15.4. The second-order valence-corrected chi connectivity index (χ2v) is 4.58. The molecule has 1 aromatic rings. The van der Waals surface area contributed by atoms with Crippen molar-refractivity contribution in [2.45, 2.75) is 33.3 Å². The molecule has 1 aromatic heterocycles. The third-order valence-corrected chi connectivity index (χ3v) is 2.33. The quantitative estimate of drug-likeness (QED) is 0.694. The molecule has 18 heavy (non-hydrogen) atoms. The van der Waals surface area contributed by atoms with E-state index in [9.17, 15) is 9.50 Å². The molecule has 6 heteroatoms. The van der Waals surface area contributed by atoms with E-state index in [0.717, 1.165) is 6.20 Å². The molecule has 0 aliphatic rings. The first-order valence-corrected chi connectivity index (χ1v) is 6.21. The molecule has 0 aromatic carbocycles. The predicted molar refractivity (Wildman–Crippen MR) is 70.1 cm³/mol. The van der Waals surface area contributed by atoms with Gasteiger partial charge in [-0.05, 0) is 19.3 Å². The lowest BCUT2D eigenvalue weighted by Crippen LogP contribution is -2.22. The summed E-state index contributed by atoms with van der Waals surface area (Å²) in [6, 6.07) is 0. The summed E-state index contributed by atoms with van der Waals surface area (Å²) in [6.07, 6.45) is 1.27. The van der Waals surface area contributed by atoms with E-state index in [1.165, 1.54) is 0 Å². The Morgan fingerprint density at radius 1 is 1.39 bits per heavy atom. The molecule has 0 radical (unpaired) electrons. The molecule has 1 rings (SSSR count). The smallest absolute Gasteiger partial charge is 0.224 e. The molecule has 0 aliphatic heterocycles. The lowest BCUT2D eigenvalue weighted by atomic mass is 10.1. The van der Waals surface area contributed by atoms with Crippen LogP contribution in [-0.4, -0.2) is 34.3 Å². The fraction of sp³-hybridized carbons (Fsp3) is 0.667. The second-order valence-electron chi connectivity index (χ2n) is 4.58. The summed E-state index contributed by atoms with van der Waals surface area (Å²) in [7, 11) is 0. The van der Waals surface area contributed by atoms with Gasteiger partial charge in [0.1, 0.15) is 0 Å². The fourth-order valence-corrected chi connectivity index (χ4v) is 1.58. The molecule has 3 N–H and O–H groups in total. The highest BCUT2D eigenvalue weighted by Crippen LogP contribution is 2.12. The predicted octanol–water partition coefficient (Wildman–Crippen LogP) is 1.87.